The molecule has 2 aromatic carbocycles. The summed E-state index contributed by atoms with van der Waals surface area (Å²) in [5.74, 6) is -0.339. The van der Waals surface area contributed by atoms with Crippen molar-refractivity contribution in [3.8, 4) is 0 Å². The summed E-state index contributed by atoms with van der Waals surface area (Å²) in [4.78, 5) is 26.8. The van der Waals surface area contributed by atoms with Crippen molar-refractivity contribution in [2.45, 2.75) is 6.54 Å². The summed E-state index contributed by atoms with van der Waals surface area (Å²) in [6, 6.07) is 14.5. The van der Waals surface area contributed by atoms with Gasteiger partial charge in [-0.1, -0.05) is 29.8 Å². The van der Waals surface area contributed by atoms with E-state index in [9.17, 15) is 9.59 Å². The average Bonchev–Trinajstić information content (AvgIpc) is 3.26. The fourth-order valence-corrected chi connectivity index (χ4v) is 3.57. The molecule has 0 radical (unpaired) electrons. The van der Waals surface area contributed by atoms with Crippen molar-refractivity contribution in [3.05, 3.63) is 77.1 Å². The van der Waals surface area contributed by atoms with Gasteiger partial charge >= 0.3 is 0 Å². The number of nitrogens with one attached hydrogen (secondary N) is 2. The third kappa shape index (κ3) is 5.94. The summed E-state index contributed by atoms with van der Waals surface area (Å²) in [7, 11) is 0. The first-order chi connectivity index (χ1) is 15.6. The minimum absolute atomic E-state index is 0.0744. The Bertz CT molecular complexity index is 1080. The molecule has 1 aliphatic heterocycles. The summed E-state index contributed by atoms with van der Waals surface area (Å²) in [6.07, 6.45) is 3.20. The first-order valence-electron chi connectivity index (χ1n) is 10.3. The Kier molecular flexibility index (Phi) is 7.16. The van der Waals surface area contributed by atoms with Crippen LogP contribution in [0.5, 0.6) is 0 Å². The van der Waals surface area contributed by atoms with Gasteiger partial charge in [0.2, 0.25) is 5.91 Å². The first-order valence-corrected chi connectivity index (χ1v) is 10.7. The second-order valence-electron chi connectivity index (χ2n) is 7.49. The largest absolute Gasteiger partial charge is 0.379 e. The normalized spacial score (nSPS) is 14.2. The number of hydrogen-bond acceptors (Lipinski definition) is 5. The number of aromatic nitrogens is 2. The van der Waals surface area contributed by atoms with Crippen molar-refractivity contribution in [1.82, 2.24) is 14.7 Å². The van der Waals surface area contributed by atoms with Gasteiger partial charge in [-0.2, -0.15) is 5.10 Å². The Morgan fingerprint density at radius 1 is 1.00 bits per heavy atom. The number of morpholine rings is 1. The Balaban J connectivity index is 1.29. The van der Waals surface area contributed by atoms with Gasteiger partial charge in [0.25, 0.3) is 5.91 Å². The molecule has 3 aromatic rings. The van der Waals surface area contributed by atoms with Gasteiger partial charge in [-0.05, 0) is 35.9 Å². The number of nitrogens with zero attached hydrogens (tertiary/aromatic N) is 3. The van der Waals surface area contributed by atoms with Crippen molar-refractivity contribution in [1.29, 1.82) is 0 Å². The maximum Gasteiger partial charge on any atom is 0.258 e. The van der Waals surface area contributed by atoms with Crippen molar-refractivity contribution in [2.24, 2.45) is 0 Å². The standard InChI is InChI=1S/C23H24ClN5O3/c24-21-4-2-1-3-17(21)14-29-15-18(13-25-29)23(31)27-20-7-5-19(6-8-20)26-22(30)16-28-9-11-32-12-10-28/h1-8,13,15H,9-12,14,16H2,(H,26,30)(H,27,31). The molecule has 0 unspecified atom stereocenters. The minimum atomic E-state index is -0.264. The van der Waals surface area contributed by atoms with E-state index in [1.807, 2.05) is 24.3 Å². The number of carbonyl (C=O) groups is 2. The summed E-state index contributed by atoms with van der Waals surface area (Å²) in [6.45, 7) is 3.63. The van der Waals surface area contributed by atoms with E-state index < -0.39 is 0 Å². The lowest BCUT2D eigenvalue weighted by Crippen LogP contribution is -2.41. The molecule has 32 heavy (non-hydrogen) atoms. The van der Waals surface area contributed by atoms with Gasteiger partial charge < -0.3 is 15.4 Å². The molecule has 9 heteroatoms. The molecular formula is C23H24ClN5O3. The molecule has 1 aromatic heterocycles. The van der Waals surface area contributed by atoms with Crippen molar-refractivity contribution in [3.63, 3.8) is 0 Å². The monoisotopic (exact) mass is 453 g/mol. The smallest absolute Gasteiger partial charge is 0.258 e. The number of halogens is 1. The van der Waals surface area contributed by atoms with Crippen LogP contribution in [0.3, 0.4) is 0 Å². The average molecular weight is 454 g/mol. The van der Waals surface area contributed by atoms with Crippen LogP contribution in [0.15, 0.2) is 60.9 Å². The highest BCUT2D eigenvalue weighted by Gasteiger charge is 2.14. The van der Waals surface area contributed by atoms with E-state index in [0.717, 1.165) is 18.7 Å². The summed E-state index contributed by atoms with van der Waals surface area (Å²) >= 11 is 6.19. The van der Waals surface area contributed by atoms with Crippen LogP contribution >= 0.6 is 11.6 Å². The SMILES string of the molecule is O=C(CN1CCOCC1)Nc1ccc(NC(=O)c2cnn(Cc3ccccc3Cl)c2)cc1. The molecule has 166 valence electrons. The predicted octanol–water partition coefficient (Wildman–Crippen LogP) is 3.11. The third-order valence-corrected chi connectivity index (χ3v) is 5.45. The van der Waals surface area contributed by atoms with Crippen LogP contribution in [0.25, 0.3) is 0 Å². The quantitative estimate of drug-likeness (QED) is 0.574. The molecule has 2 heterocycles. The highest BCUT2D eigenvalue weighted by molar-refractivity contribution is 6.31. The van der Waals surface area contributed by atoms with Crippen LogP contribution in [-0.2, 0) is 16.1 Å². The van der Waals surface area contributed by atoms with Gasteiger partial charge in [0.1, 0.15) is 0 Å². The molecule has 0 saturated carbocycles. The molecule has 2 N–H and O–H groups in total. The molecule has 1 saturated heterocycles. The summed E-state index contributed by atoms with van der Waals surface area (Å²) < 4.78 is 6.96. The Morgan fingerprint density at radius 2 is 1.69 bits per heavy atom. The van der Waals surface area contributed by atoms with Crippen LogP contribution in [0.4, 0.5) is 11.4 Å². The number of benzene rings is 2. The molecule has 8 nitrogen and oxygen atoms in total. The lowest BCUT2D eigenvalue weighted by molar-refractivity contribution is -0.118. The molecule has 0 bridgehead atoms. The van der Waals surface area contributed by atoms with Crippen LogP contribution < -0.4 is 10.6 Å². The molecule has 4 rings (SSSR count). The highest BCUT2D eigenvalue weighted by atomic mass is 35.5. The van der Waals surface area contributed by atoms with Gasteiger partial charge in [0.05, 0.1) is 38.1 Å². The van der Waals surface area contributed by atoms with E-state index in [2.05, 4.69) is 20.6 Å². The van der Waals surface area contributed by atoms with Gasteiger partial charge in [-0.25, -0.2) is 0 Å². The zero-order valence-electron chi connectivity index (χ0n) is 17.5. The van der Waals surface area contributed by atoms with Gasteiger partial charge in [0, 0.05) is 35.7 Å². The fraction of sp³-hybridized carbons (Fsp3) is 0.261. The van der Waals surface area contributed by atoms with E-state index >= 15 is 0 Å². The van der Waals surface area contributed by atoms with Crippen LogP contribution in [0, 0.1) is 0 Å². The van der Waals surface area contributed by atoms with E-state index in [1.165, 1.54) is 6.20 Å². The van der Waals surface area contributed by atoms with E-state index in [1.54, 1.807) is 35.1 Å². The number of ether oxygens (including phenoxy) is 1. The number of hydrogen-bond donors (Lipinski definition) is 2. The van der Waals surface area contributed by atoms with Crippen LogP contribution in [0.1, 0.15) is 15.9 Å². The third-order valence-electron chi connectivity index (χ3n) is 5.08. The summed E-state index contributed by atoms with van der Waals surface area (Å²) in [5, 5.41) is 10.6. The molecular weight excluding hydrogens is 430 g/mol. The molecule has 0 atom stereocenters. The molecule has 2 amide bonds. The molecule has 0 spiro atoms. The fourth-order valence-electron chi connectivity index (χ4n) is 3.37. The topological polar surface area (TPSA) is 88.5 Å². The maximum absolute atomic E-state index is 12.6. The lowest BCUT2D eigenvalue weighted by Gasteiger charge is -2.25. The zero-order valence-corrected chi connectivity index (χ0v) is 18.2. The number of carbonyl (C=O) groups excluding carboxylic acids is 2. The van der Waals surface area contributed by atoms with Crippen molar-refractivity contribution >= 4 is 34.8 Å². The highest BCUT2D eigenvalue weighted by Crippen LogP contribution is 2.17. The van der Waals surface area contributed by atoms with E-state index in [-0.39, 0.29) is 11.8 Å². The Labute approximate surface area is 191 Å². The summed E-state index contributed by atoms with van der Waals surface area (Å²) in [5.41, 5.74) is 2.67. The second-order valence-corrected chi connectivity index (χ2v) is 7.89. The predicted molar refractivity (Wildman–Crippen MR) is 123 cm³/mol. The van der Waals surface area contributed by atoms with E-state index in [4.69, 9.17) is 16.3 Å². The van der Waals surface area contributed by atoms with Crippen molar-refractivity contribution < 1.29 is 14.3 Å². The number of amides is 2. The van der Waals surface area contributed by atoms with Gasteiger partial charge in [0.15, 0.2) is 0 Å². The molecule has 0 aliphatic carbocycles. The zero-order chi connectivity index (χ0) is 22.3. The molecule has 1 fully saturated rings. The van der Waals surface area contributed by atoms with Gasteiger partial charge in [-0.3, -0.25) is 19.2 Å². The maximum atomic E-state index is 12.6. The lowest BCUT2D eigenvalue weighted by atomic mass is 10.2. The number of anilines is 2. The van der Waals surface area contributed by atoms with Gasteiger partial charge in [-0.15, -0.1) is 0 Å². The van der Waals surface area contributed by atoms with E-state index in [0.29, 0.717) is 48.3 Å². The number of rotatable bonds is 7. The first kappa shape index (κ1) is 22.0. The Hall–Kier alpha value is -3.20. The van der Waals surface area contributed by atoms with Crippen molar-refractivity contribution in [2.75, 3.05) is 43.5 Å². The van der Waals surface area contributed by atoms with Crippen LogP contribution in [0.2, 0.25) is 5.02 Å². The Morgan fingerprint density at radius 3 is 2.41 bits per heavy atom. The van der Waals surface area contributed by atoms with Crippen LogP contribution in [-0.4, -0.2) is 59.3 Å². The minimum Gasteiger partial charge on any atom is -0.379 e. The molecule has 1 aliphatic rings. The second kappa shape index (κ2) is 10.4.